The van der Waals surface area contributed by atoms with Crippen LogP contribution in [0.2, 0.25) is 0 Å². The van der Waals surface area contributed by atoms with Gasteiger partial charge in [0.2, 0.25) is 11.8 Å². The molecule has 0 spiro atoms. The molecule has 1 aromatic carbocycles. The second-order valence-corrected chi connectivity index (χ2v) is 8.13. The maximum Gasteiger partial charge on any atom is 0.262 e. The smallest absolute Gasteiger partial charge is 0.262 e. The molecule has 0 unspecified atom stereocenters. The molecule has 1 saturated heterocycles. The predicted molar refractivity (Wildman–Crippen MR) is 107 cm³/mol. The van der Waals surface area contributed by atoms with E-state index in [-0.39, 0.29) is 24.4 Å². The quantitative estimate of drug-likeness (QED) is 0.675. The molecule has 28 heavy (non-hydrogen) atoms. The van der Waals surface area contributed by atoms with Crippen molar-refractivity contribution in [3.8, 4) is 0 Å². The third-order valence-electron chi connectivity index (χ3n) is 5.19. The van der Waals surface area contributed by atoms with Crippen LogP contribution in [0.1, 0.15) is 59.7 Å². The van der Waals surface area contributed by atoms with Crippen LogP contribution in [0.25, 0.3) is 0 Å². The number of imide groups is 1. The zero-order chi connectivity index (χ0) is 20.3. The van der Waals surface area contributed by atoms with Crippen LogP contribution in [0.5, 0.6) is 0 Å². The Morgan fingerprint density at radius 2 is 1.82 bits per heavy atom. The van der Waals surface area contributed by atoms with Crippen LogP contribution in [-0.2, 0) is 9.59 Å². The molecule has 8 heteroatoms. The standard InChI is InChI=1S/C20H24BrN3O4/c1-2-3-4-18(26)23-9-7-14(8-10-23)22-17(25)12-24-19(27)15-6-5-13(21)11-16(15)20(24)28/h5-6,11,14H,2-4,7-10,12H2,1H3,(H,22,25). The predicted octanol–water partition coefficient (Wildman–Crippen LogP) is 2.34. The van der Waals surface area contributed by atoms with Crippen molar-refractivity contribution in [2.75, 3.05) is 19.6 Å². The number of rotatable bonds is 6. The summed E-state index contributed by atoms with van der Waals surface area (Å²) in [6, 6.07) is 4.83. The molecule has 150 valence electrons. The molecule has 0 aromatic heterocycles. The molecule has 3 rings (SSSR count). The van der Waals surface area contributed by atoms with Crippen LogP contribution in [0.15, 0.2) is 22.7 Å². The van der Waals surface area contributed by atoms with E-state index in [1.54, 1.807) is 18.2 Å². The molecule has 0 bridgehead atoms. The summed E-state index contributed by atoms with van der Waals surface area (Å²) >= 11 is 3.29. The average Bonchev–Trinajstić information content (AvgIpc) is 2.91. The Hall–Kier alpha value is -2.22. The lowest BCUT2D eigenvalue weighted by Gasteiger charge is -2.32. The molecular formula is C20H24BrN3O4. The molecule has 0 radical (unpaired) electrons. The van der Waals surface area contributed by atoms with Gasteiger partial charge < -0.3 is 10.2 Å². The Balaban J connectivity index is 1.50. The number of carbonyl (C=O) groups excluding carboxylic acids is 4. The fourth-order valence-electron chi connectivity index (χ4n) is 3.58. The summed E-state index contributed by atoms with van der Waals surface area (Å²) in [5, 5.41) is 2.90. The van der Waals surface area contributed by atoms with Crippen molar-refractivity contribution in [1.29, 1.82) is 0 Å². The number of benzene rings is 1. The first-order valence-electron chi connectivity index (χ1n) is 9.63. The maximum absolute atomic E-state index is 12.5. The van der Waals surface area contributed by atoms with Crippen molar-refractivity contribution in [3.05, 3.63) is 33.8 Å². The van der Waals surface area contributed by atoms with Gasteiger partial charge >= 0.3 is 0 Å². The van der Waals surface area contributed by atoms with E-state index >= 15 is 0 Å². The van der Waals surface area contributed by atoms with Crippen molar-refractivity contribution in [2.45, 2.75) is 45.1 Å². The summed E-state index contributed by atoms with van der Waals surface area (Å²) < 4.78 is 0.707. The van der Waals surface area contributed by atoms with E-state index in [0.29, 0.717) is 48.0 Å². The van der Waals surface area contributed by atoms with E-state index in [1.807, 2.05) is 4.90 Å². The Kier molecular flexibility index (Phi) is 6.49. The Labute approximate surface area is 172 Å². The van der Waals surface area contributed by atoms with Gasteiger partial charge in [-0.15, -0.1) is 0 Å². The summed E-state index contributed by atoms with van der Waals surface area (Å²) in [7, 11) is 0. The first kappa shape index (κ1) is 20.5. The molecule has 2 aliphatic heterocycles. The molecule has 2 aliphatic rings. The average molecular weight is 450 g/mol. The van der Waals surface area contributed by atoms with E-state index in [1.165, 1.54) is 0 Å². The summed E-state index contributed by atoms with van der Waals surface area (Å²) in [5.41, 5.74) is 0.631. The highest BCUT2D eigenvalue weighted by Gasteiger charge is 2.37. The van der Waals surface area contributed by atoms with Gasteiger partial charge in [-0.1, -0.05) is 29.3 Å². The van der Waals surface area contributed by atoms with Crippen molar-refractivity contribution in [2.24, 2.45) is 0 Å². The number of nitrogens with zero attached hydrogens (tertiary/aromatic N) is 2. The minimum atomic E-state index is -0.451. The van der Waals surface area contributed by atoms with Gasteiger partial charge in [-0.05, 0) is 37.5 Å². The second-order valence-electron chi connectivity index (χ2n) is 7.21. The van der Waals surface area contributed by atoms with Crippen LogP contribution in [0.3, 0.4) is 0 Å². The van der Waals surface area contributed by atoms with Crippen LogP contribution in [-0.4, -0.2) is 59.1 Å². The van der Waals surface area contributed by atoms with Crippen molar-refractivity contribution >= 4 is 39.6 Å². The molecule has 1 N–H and O–H groups in total. The minimum absolute atomic E-state index is 0.0490. The zero-order valence-electron chi connectivity index (χ0n) is 15.9. The van der Waals surface area contributed by atoms with Crippen LogP contribution < -0.4 is 5.32 Å². The van der Waals surface area contributed by atoms with Gasteiger partial charge in [0.25, 0.3) is 11.8 Å². The number of amides is 4. The number of likely N-dealkylation sites (tertiary alicyclic amines) is 1. The van der Waals surface area contributed by atoms with E-state index in [0.717, 1.165) is 17.7 Å². The van der Waals surface area contributed by atoms with Crippen molar-refractivity contribution < 1.29 is 19.2 Å². The third-order valence-corrected chi connectivity index (χ3v) is 5.68. The number of fused-ring (bicyclic) bond motifs is 1. The van der Waals surface area contributed by atoms with Gasteiger partial charge in [0.15, 0.2) is 0 Å². The fourth-order valence-corrected chi connectivity index (χ4v) is 3.94. The van der Waals surface area contributed by atoms with Gasteiger partial charge in [-0.3, -0.25) is 24.1 Å². The minimum Gasteiger partial charge on any atom is -0.352 e. The monoisotopic (exact) mass is 449 g/mol. The topological polar surface area (TPSA) is 86.8 Å². The number of carbonyl (C=O) groups is 4. The van der Waals surface area contributed by atoms with Crippen LogP contribution in [0.4, 0.5) is 0 Å². The molecule has 0 saturated carbocycles. The van der Waals surface area contributed by atoms with E-state index < -0.39 is 11.8 Å². The largest absolute Gasteiger partial charge is 0.352 e. The van der Waals surface area contributed by atoms with Crippen LogP contribution >= 0.6 is 15.9 Å². The highest BCUT2D eigenvalue weighted by Crippen LogP contribution is 2.25. The first-order chi connectivity index (χ1) is 13.4. The van der Waals surface area contributed by atoms with Gasteiger partial charge in [0.05, 0.1) is 11.1 Å². The molecule has 1 aromatic rings. The second kappa shape index (κ2) is 8.86. The van der Waals surface area contributed by atoms with Gasteiger partial charge in [-0.2, -0.15) is 0 Å². The molecule has 1 fully saturated rings. The van der Waals surface area contributed by atoms with Gasteiger partial charge in [0.1, 0.15) is 6.54 Å². The van der Waals surface area contributed by atoms with Gasteiger partial charge in [0, 0.05) is 30.0 Å². The van der Waals surface area contributed by atoms with E-state index in [4.69, 9.17) is 0 Å². The highest BCUT2D eigenvalue weighted by atomic mass is 79.9. The molecular weight excluding hydrogens is 426 g/mol. The number of nitrogens with one attached hydrogen (secondary N) is 1. The van der Waals surface area contributed by atoms with E-state index in [9.17, 15) is 19.2 Å². The summed E-state index contributed by atoms with van der Waals surface area (Å²) in [5.74, 6) is -1.08. The summed E-state index contributed by atoms with van der Waals surface area (Å²) in [6.07, 6.45) is 3.82. The zero-order valence-corrected chi connectivity index (χ0v) is 17.5. The lowest BCUT2D eigenvalue weighted by molar-refractivity contribution is -0.132. The fraction of sp³-hybridized carbons (Fsp3) is 0.500. The van der Waals surface area contributed by atoms with E-state index in [2.05, 4.69) is 28.2 Å². The highest BCUT2D eigenvalue weighted by molar-refractivity contribution is 9.10. The normalized spacial score (nSPS) is 17.1. The first-order valence-corrected chi connectivity index (χ1v) is 10.4. The van der Waals surface area contributed by atoms with Crippen LogP contribution in [0, 0.1) is 0 Å². The number of hydrogen-bond donors (Lipinski definition) is 1. The number of piperidine rings is 1. The Morgan fingerprint density at radius 1 is 1.14 bits per heavy atom. The lowest BCUT2D eigenvalue weighted by atomic mass is 10.0. The lowest BCUT2D eigenvalue weighted by Crippen LogP contribution is -2.49. The van der Waals surface area contributed by atoms with Gasteiger partial charge in [-0.25, -0.2) is 0 Å². The number of hydrogen-bond acceptors (Lipinski definition) is 4. The maximum atomic E-state index is 12.5. The Morgan fingerprint density at radius 3 is 2.50 bits per heavy atom. The molecule has 4 amide bonds. The molecule has 0 atom stereocenters. The number of halogens is 1. The summed E-state index contributed by atoms with van der Waals surface area (Å²) in [4.78, 5) is 52.2. The molecule has 2 heterocycles. The van der Waals surface area contributed by atoms with Crippen molar-refractivity contribution in [3.63, 3.8) is 0 Å². The Bertz CT molecular complexity index is 803. The number of unbranched alkanes of at least 4 members (excludes halogenated alkanes) is 1. The summed E-state index contributed by atoms with van der Waals surface area (Å²) in [6.45, 7) is 3.00. The third kappa shape index (κ3) is 4.43. The molecule has 7 nitrogen and oxygen atoms in total. The SMILES string of the molecule is CCCCC(=O)N1CCC(NC(=O)CN2C(=O)c3ccc(Br)cc3C2=O)CC1. The van der Waals surface area contributed by atoms with Crippen molar-refractivity contribution in [1.82, 2.24) is 15.1 Å². The molecule has 0 aliphatic carbocycles.